The Labute approximate surface area is 110 Å². The number of nitrogens with zero attached hydrogens (tertiary/aromatic N) is 2. The lowest BCUT2D eigenvalue weighted by molar-refractivity contribution is 0.472. The summed E-state index contributed by atoms with van der Waals surface area (Å²) < 4.78 is 28.3. The van der Waals surface area contributed by atoms with E-state index in [1.807, 2.05) is 30.3 Å². The van der Waals surface area contributed by atoms with E-state index in [4.69, 9.17) is 4.42 Å². The zero-order valence-corrected chi connectivity index (χ0v) is 10.9. The molecule has 19 heavy (non-hydrogen) atoms. The molecule has 1 fully saturated rings. The number of anilines is 2. The van der Waals surface area contributed by atoms with Gasteiger partial charge in [0.2, 0.25) is 5.89 Å². The molecule has 1 atom stereocenters. The average Bonchev–Trinajstić information content (AvgIpc) is 2.97. The van der Waals surface area contributed by atoms with E-state index in [0.717, 1.165) is 5.69 Å². The number of hydrogen-bond acceptors (Lipinski definition) is 6. The van der Waals surface area contributed by atoms with E-state index >= 15 is 0 Å². The van der Waals surface area contributed by atoms with Crippen molar-refractivity contribution in [3.05, 3.63) is 36.2 Å². The molecule has 7 heteroatoms. The van der Waals surface area contributed by atoms with Crippen molar-refractivity contribution >= 4 is 21.5 Å². The van der Waals surface area contributed by atoms with Crippen molar-refractivity contribution < 1.29 is 12.8 Å². The van der Waals surface area contributed by atoms with Crippen molar-refractivity contribution in [2.24, 2.45) is 0 Å². The minimum atomic E-state index is -2.94. The fourth-order valence-corrected chi connectivity index (χ4v) is 3.82. The zero-order chi connectivity index (χ0) is 13.3. The van der Waals surface area contributed by atoms with Crippen LogP contribution in [-0.4, -0.2) is 30.1 Å². The highest BCUT2D eigenvalue weighted by molar-refractivity contribution is 7.91. The second-order valence-corrected chi connectivity index (χ2v) is 6.77. The number of sulfone groups is 1. The maximum absolute atomic E-state index is 11.4. The molecule has 0 radical (unpaired) electrons. The Kier molecular flexibility index (Phi) is 2.98. The van der Waals surface area contributed by atoms with Crippen molar-refractivity contribution in [3.63, 3.8) is 0 Å². The summed E-state index contributed by atoms with van der Waals surface area (Å²) in [5, 5.41) is 10.8. The quantitative estimate of drug-likeness (QED) is 0.920. The third-order valence-corrected chi connectivity index (χ3v) is 4.82. The Bertz CT molecular complexity index is 667. The predicted molar refractivity (Wildman–Crippen MR) is 70.0 cm³/mol. The minimum Gasteiger partial charge on any atom is -0.408 e. The van der Waals surface area contributed by atoms with Gasteiger partial charge in [-0.3, -0.25) is 0 Å². The van der Waals surface area contributed by atoms with Gasteiger partial charge < -0.3 is 9.73 Å². The Morgan fingerprint density at radius 2 is 2.00 bits per heavy atom. The van der Waals surface area contributed by atoms with Gasteiger partial charge in [0.15, 0.2) is 9.84 Å². The van der Waals surface area contributed by atoms with E-state index in [2.05, 4.69) is 15.5 Å². The molecule has 0 saturated carbocycles. The van der Waals surface area contributed by atoms with Gasteiger partial charge in [-0.1, -0.05) is 23.3 Å². The Morgan fingerprint density at radius 1 is 1.21 bits per heavy atom. The number of benzene rings is 1. The van der Waals surface area contributed by atoms with Gasteiger partial charge >= 0.3 is 6.01 Å². The molecule has 0 aliphatic carbocycles. The molecular weight excluding hydrogens is 266 g/mol. The van der Waals surface area contributed by atoms with Gasteiger partial charge in [-0.2, -0.15) is 0 Å². The lowest BCUT2D eigenvalue weighted by atomic mass is 10.1. The maximum Gasteiger partial charge on any atom is 0.320 e. The van der Waals surface area contributed by atoms with E-state index < -0.39 is 9.84 Å². The average molecular weight is 279 g/mol. The monoisotopic (exact) mass is 279 g/mol. The standard InChI is InChI=1S/C12H13N3O3S/c16-19(17)7-6-9(8-19)11-14-15-12(18-11)13-10-4-2-1-3-5-10/h1-5,9H,6-8H2,(H,13,15). The van der Waals surface area contributed by atoms with Crippen LogP contribution >= 0.6 is 0 Å². The summed E-state index contributed by atoms with van der Waals surface area (Å²) in [5.41, 5.74) is 0.844. The van der Waals surface area contributed by atoms with Crippen molar-refractivity contribution in [1.82, 2.24) is 10.2 Å². The van der Waals surface area contributed by atoms with Crippen molar-refractivity contribution in [1.29, 1.82) is 0 Å². The van der Waals surface area contributed by atoms with E-state index in [0.29, 0.717) is 12.3 Å². The summed E-state index contributed by atoms with van der Waals surface area (Å²) in [5.74, 6) is 0.505. The summed E-state index contributed by atoms with van der Waals surface area (Å²) in [6.07, 6.45) is 0.551. The van der Waals surface area contributed by atoms with Crippen LogP contribution < -0.4 is 5.32 Å². The second kappa shape index (κ2) is 4.65. The Morgan fingerprint density at radius 3 is 2.68 bits per heavy atom. The topological polar surface area (TPSA) is 85.1 Å². The summed E-state index contributed by atoms with van der Waals surface area (Å²) >= 11 is 0. The van der Waals surface area contributed by atoms with Crippen LogP contribution in [0.3, 0.4) is 0 Å². The SMILES string of the molecule is O=S1(=O)CCC(c2nnc(Nc3ccccc3)o2)C1. The molecule has 1 aliphatic rings. The molecule has 1 aliphatic heterocycles. The first kappa shape index (κ1) is 12.2. The molecule has 6 nitrogen and oxygen atoms in total. The molecule has 3 rings (SSSR count). The first-order chi connectivity index (χ1) is 9.12. The van der Waals surface area contributed by atoms with E-state index in [9.17, 15) is 8.42 Å². The highest BCUT2D eigenvalue weighted by Gasteiger charge is 2.32. The van der Waals surface area contributed by atoms with E-state index in [1.54, 1.807) is 0 Å². The van der Waals surface area contributed by atoms with Crippen LogP contribution in [0.2, 0.25) is 0 Å². The molecular formula is C12H13N3O3S. The molecule has 2 heterocycles. The molecule has 100 valence electrons. The van der Waals surface area contributed by atoms with Gasteiger partial charge in [-0.15, -0.1) is 5.10 Å². The summed E-state index contributed by atoms with van der Waals surface area (Å²) in [6.45, 7) is 0. The third kappa shape index (κ3) is 2.76. The summed E-state index contributed by atoms with van der Waals surface area (Å²) in [7, 11) is -2.94. The van der Waals surface area contributed by atoms with E-state index in [1.165, 1.54) is 0 Å². The van der Waals surface area contributed by atoms with Gasteiger partial charge in [-0.25, -0.2) is 8.42 Å². The van der Waals surface area contributed by atoms with Crippen LogP contribution in [0.25, 0.3) is 0 Å². The van der Waals surface area contributed by atoms with Gasteiger partial charge in [0.25, 0.3) is 0 Å². The van der Waals surface area contributed by atoms with Gasteiger partial charge in [0.05, 0.1) is 17.4 Å². The smallest absolute Gasteiger partial charge is 0.320 e. The first-order valence-corrected chi connectivity index (χ1v) is 7.80. The second-order valence-electron chi connectivity index (χ2n) is 4.54. The van der Waals surface area contributed by atoms with Crippen LogP contribution in [0.4, 0.5) is 11.7 Å². The number of para-hydroxylation sites is 1. The first-order valence-electron chi connectivity index (χ1n) is 5.98. The van der Waals surface area contributed by atoms with Crippen molar-refractivity contribution in [2.45, 2.75) is 12.3 Å². The number of rotatable bonds is 3. The minimum absolute atomic E-state index is 0.0972. The van der Waals surface area contributed by atoms with Crippen molar-refractivity contribution in [2.75, 3.05) is 16.8 Å². The van der Waals surface area contributed by atoms with E-state index in [-0.39, 0.29) is 23.4 Å². The van der Waals surface area contributed by atoms with Gasteiger partial charge in [0.1, 0.15) is 0 Å². The molecule has 1 saturated heterocycles. The molecule has 2 aromatic rings. The van der Waals surface area contributed by atoms with Gasteiger partial charge in [-0.05, 0) is 18.6 Å². The van der Waals surface area contributed by atoms with Crippen molar-refractivity contribution in [3.8, 4) is 0 Å². The zero-order valence-electron chi connectivity index (χ0n) is 10.1. The summed E-state index contributed by atoms with van der Waals surface area (Å²) in [4.78, 5) is 0. The van der Waals surface area contributed by atoms with Crippen LogP contribution in [0.15, 0.2) is 34.7 Å². The maximum atomic E-state index is 11.4. The lowest BCUT2D eigenvalue weighted by Crippen LogP contribution is -2.03. The lowest BCUT2D eigenvalue weighted by Gasteiger charge is -2.01. The van der Waals surface area contributed by atoms with Crippen LogP contribution in [0.1, 0.15) is 18.2 Å². The van der Waals surface area contributed by atoms with Crippen LogP contribution in [0.5, 0.6) is 0 Å². The summed E-state index contributed by atoms with van der Waals surface area (Å²) in [6, 6.07) is 9.74. The molecule has 1 aromatic heterocycles. The Hall–Kier alpha value is -1.89. The number of aromatic nitrogens is 2. The number of nitrogens with one attached hydrogen (secondary N) is 1. The molecule has 0 amide bonds. The molecule has 1 aromatic carbocycles. The largest absolute Gasteiger partial charge is 0.408 e. The number of hydrogen-bond donors (Lipinski definition) is 1. The highest BCUT2D eigenvalue weighted by Crippen LogP contribution is 2.29. The molecule has 1 N–H and O–H groups in total. The molecule has 1 unspecified atom stereocenters. The van der Waals surface area contributed by atoms with Crippen LogP contribution in [0, 0.1) is 0 Å². The third-order valence-electron chi connectivity index (χ3n) is 3.05. The molecule has 0 bridgehead atoms. The predicted octanol–water partition coefficient (Wildman–Crippen LogP) is 1.72. The fourth-order valence-electron chi connectivity index (χ4n) is 2.08. The molecule has 0 spiro atoms. The van der Waals surface area contributed by atoms with Crippen LogP contribution in [-0.2, 0) is 9.84 Å². The highest BCUT2D eigenvalue weighted by atomic mass is 32.2. The van der Waals surface area contributed by atoms with Gasteiger partial charge in [0, 0.05) is 5.69 Å². The normalized spacial score (nSPS) is 21.4. The fraction of sp³-hybridized carbons (Fsp3) is 0.333. The Balaban J connectivity index is 1.74.